The van der Waals surface area contributed by atoms with Crippen LogP contribution in [-0.2, 0) is 11.3 Å². The Balaban J connectivity index is 1.86. The molecule has 2 heterocycles. The Morgan fingerprint density at radius 2 is 2.16 bits per heavy atom. The molecular weight excluding hydrogens is 340 g/mol. The Morgan fingerprint density at radius 3 is 2.88 bits per heavy atom. The van der Waals surface area contributed by atoms with Gasteiger partial charge in [-0.2, -0.15) is 0 Å². The van der Waals surface area contributed by atoms with Gasteiger partial charge in [0.2, 0.25) is 5.91 Å². The lowest BCUT2D eigenvalue weighted by molar-refractivity contribution is -0.143. The van der Waals surface area contributed by atoms with Gasteiger partial charge in [0, 0.05) is 42.3 Å². The molecule has 3 rings (SSSR count). The second-order valence-electron chi connectivity index (χ2n) is 6.88. The number of methoxy groups -OCH3 is 1. The number of carbonyl (C=O) groups excluding carboxylic acids is 1. The number of rotatable bonds is 6. The molecule has 2 atom stereocenters. The summed E-state index contributed by atoms with van der Waals surface area (Å²) >= 11 is 6.28. The van der Waals surface area contributed by atoms with Gasteiger partial charge in [-0.1, -0.05) is 18.5 Å². The van der Waals surface area contributed by atoms with E-state index in [0.717, 1.165) is 43.7 Å². The highest BCUT2D eigenvalue weighted by molar-refractivity contribution is 6.30. The van der Waals surface area contributed by atoms with Crippen molar-refractivity contribution in [3.05, 3.63) is 22.7 Å². The number of piperazine rings is 1. The summed E-state index contributed by atoms with van der Waals surface area (Å²) in [5.74, 6) is 1.62. The van der Waals surface area contributed by atoms with Crippen molar-refractivity contribution < 1.29 is 14.3 Å². The van der Waals surface area contributed by atoms with Crippen molar-refractivity contribution in [1.29, 1.82) is 0 Å². The molecular formula is C19H27ClN2O3. The lowest BCUT2D eigenvalue weighted by Crippen LogP contribution is -2.58. The van der Waals surface area contributed by atoms with Gasteiger partial charge in [-0.25, -0.2) is 0 Å². The number of hydrogen-bond donors (Lipinski definition) is 0. The van der Waals surface area contributed by atoms with Gasteiger partial charge in [0.1, 0.15) is 0 Å². The maximum Gasteiger partial charge on any atom is 0.239 e. The molecule has 0 N–H and O–H groups in total. The molecule has 0 aliphatic carbocycles. The van der Waals surface area contributed by atoms with Gasteiger partial charge in [0.15, 0.2) is 11.5 Å². The largest absolute Gasteiger partial charge is 0.493 e. The summed E-state index contributed by atoms with van der Waals surface area (Å²) in [6.07, 6.45) is 3.11. The zero-order valence-corrected chi connectivity index (χ0v) is 16.0. The third-order valence-electron chi connectivity index (χ3n) is 5.15. The lowest BCUT2D eigenvalue weighted by atomic mass is 10.1. The Hall–Kier alpha value is -1.46. The number of halogens is 1. The van der Waals surface area contributed by atoms with Crippen LogP contribution in [0.25, 0.3) is 0 Å². The highest BCUT2D eigenvalue weighted by Gasteiger charge is 2.40. The van der Waals surface area contributed by atoms with E-state index in [1.807, 2.05) is 17.9 Å². The predicted molar refractivity (Wildman–Crippen MR) is 98.4 cm³/mol. The van der Waals surface area contributed by atoms with Crippen LogP contribution in [0.2, 0.25) is 5.02 Å². The SMILES string of the molecule is CCCOc1c(CN2C[C@H]3CCCN3C(=O)[C@@H]2C)cc(Cl)cc1OC. The average Bonchev–Trinajstić information content (AvgIpc) is 3.06. The molecule has 5 nitrogen and oxygen atoms in total. The van der Waals surface area contributed by atoms with Crippen molar-refractivity contribution in [2.24, 2.45) is 0 Å². The third-order valence-corrected chi connectivity index (χ3v) is 5.37. The van der Waals surface area contributed by atoms with E-state index in [0.29, 0.717) is 30.0 Å². The first kappa shape index (κ1) is 18.3. The quantitative estimate of drug-likeness (QED) is 0.774. The van der Waals surface area contributed by atoms with E-state index >= 15 is 0 Å². The predicted octanol–water partition coefficient (Wildman–Crippen LogP) is 3.33. The highest BCUT2D eigenvalue weighted by Crippen LogP contribution is 2.37. The van der Waals surface area contributed by atoms with Crippen LogP contribution in [0.4, 0.5) is 0 Å². The maximum absolute atomic E-state index is 12.7. The molecule has 25 heavy (non-hydrogen) atoms. The standard InChI is InChI=1S/C19H27ClN2O3/c1-4-8-25-18-14(9-15(20)10-17(18)24-3)11-21-12-16-6-5-7-22(16)19(23)13(21)2/h9-10,13,16H,4-8,11-12H2,1-3H3/t13-,16+/m0/s1. The first-order chi connectivity index (χ1) is 12.0. The molecule has 6 heteroatoms. The summed E-state index contributed by atoms with van der Waals surface area (Å²) in [6.45, 7) is 7.11. The molecule has 1 aromatic rings. The topological polar surface area (TPSA) is 42.0 Å². The fraction of sp³-hybridized carbons (Fsp3) is 0.632. The lowest BCUT2D eigenvalue weighted by Gasteiger charge is -2.41. The summed E-state index contributed by atoms with van der Waals surface area (Å²) in [6, 6.07) is 3.91. The Morgan fingerprint density at radius 1 is 1.36 bits per heavy atom. The Bertz CT molecular complexity index is 637. The molecule has 138 valence electrons. The summed E-state index contributed by atoms with van der Waals surface area (Å²) in [5, 5.41) is 0.620. The van der Waals surface area contributed by atoms with Crippen molar-refractivity contribution >= 4 is 17.5 Å². The fourth-order valence-corrected chi connectivity index (χ4v) is 4.05. The van der Waals surface area contributed by atoms with E-state index in [1.165, 1.54) is 0 Å². The minimum atomic E-state index is -0.127. The number of carbonyl (C=O) groups is 1. The van der Waals surface area contributed by atoms with Crippen molar-refractivity contribution in [3.8, 4) is 11.5 Å². The second kappa shape index (κ2) is 7.83. The van der Waals surface area contributed by atoms with Crippen LogP contribution in [0.1, 0.15) is 38.7 Å². The van der Waals surface area contributed by atoms with Crippen LogP contribution in [0.15, 0.2) is 12.1 Å². The van der Waals surface area contributed by atoms with E-state index in [9.17, 15) is 4.79 Å². The first-order valence-electron chi connectivity index (χ1n) is 9.08. The zero-order chi connectivity index (χ0) is 18.0. The Labute approximate surface area is 154 Å². The van der Waals surface area contributed by atoms with Crippen LogP contribution in [-0.4, -0.2) is 54.6 Å². The number of amides is 1. The summed E-state index contributed by atoms with van der Waals surface area (Å²) in [5.41, 5.74) is 0.976. The monoisotopic (exact) mass is 366 g/mol. The molecule has 2 aliphatic heterocycles. The molecule has 0 radical (unpaired) electrons. The number of nitrogens with zero attached hydrogens (tertiary/aromatic N) is 2. The summed E-state index contributed by atoms with van der Waals surface area (Å²) < 4.78 is 11.4. The third kappa shape index (κ3) is 3.72. The van der Waals surface area contributed by atoms with Crippen LogP contribution < -0.4 is 9.47 Å². The summed E-state index contributed by atoms with van der Waals surface area (Å²) in [4.78, 5) is 16.9. The molecule has 0 aromatic heterocycles. The average molecular weight is 367 g/mol. The van der Waals surface area contributed by atoms with Crippen molar-refractivity contribution in [3.63, 3.8) is 0 Å². The number of ether oxygens (including phenoxy) is 2. The van der Waals surface area contributed by atoms with Crippen molar-refractivity contribution in [2.45, 2.75) is 51.7 Å². The van der Waals surface area contributed by atoms with Crippen molar-refractivity contribution in [1.82, 2.24) is 9.80 Å². The second-order valence-corrected chi connectivity index (χ2v) is 7.31. The normalized spacial score (nSPS) is 23.7. The van der Waals surface area contributed by atoms with Gasteiger partial charge >= 0.3 is 0 Å². The van der Waals surface area contributed by atoms with E-state index in [-0.39, 0.29) is 11.9 Å². The van der Waals surface area contributed by atoms with E-state index in [4.69, 9.17) is 21.1 Å². The van der Waals surface area contributed by atoms with Gasteiger partial charge in [0.25, 0.3) is 0 Å². The van der Waals surface area contributed by atoms with Gasteiger partial charge in [0.05, 0.1) is 19.8 Å². The molecule has 0 saturated carbocycles. The molecule has 2 aliphatic rings. The van der Waals surface area contributed by atoms with Crippen LogP contribution in [0, 0.1) is 0 Å². The van der Waals surface area contributed by atoms with Crippen LogP contribution in [0.3, 0.4) is 0 Å². The number of fused-ring (bicyclic) bond motifs is 1. The molecule has 1 amide bonds. The molecule has 0 unspecified atom stereocenters. The summed E-state index contributed by atoms with van der Waals surface area (Å²) in [7, 11) is 1.62. The number of hydrogen-bond acceptors (Lipinski definition) is 4. The molecule has 0 spiro atoms. The smallest absolute Gasteiger partial charge is 0.239 e. The molecule has 2 fully saturated rings. The first-order valence-corrected chi connectivity index (χ1v) is 9.46. The zero-order valence-electron chi connectivity index (χ0n) is 15.3. The minimum absolute atomic E-state index is 0.127. The van der Waals surface area contributed by atoms with Crippen molar-refractivity contribution in [2.75, 3.05) is 26.8 Å². The van der Waals surface area contributed by atoms with E-state index in [2.05, 4.69) is 11.8 Å². The van der Waals surface area contributed by atoms with Gasteiger partial charge in [-0.05, 0) is 32.3 Å². The molecule has 0 bridgehead atoms. The van der Waals surface area contributed by atoms with Gasteiger partial charge in [-0.15, -0.1) is 0 Å². The van der Waals surface area contributed by atoms with E-state index in [1.54, 1.807) is 13.2 Å². The van der Waals surface area contributed by atoms with Crippen LogP contribution in [0.5, 0.6) is 11.5 Å². The Kier molecular flexibility index (Phi) is 5.74. The van der Waals surface area contributed by atoms with Gasteiger partial charge in [-0.3, -0.25) is 9.69 Å². The molecule has 1 aromatic carbocycles. The minimum Gasteiger partial charge on any atom is -0.493 e. The molecule has 2 saturated heterocycles. The van der Waals surface area contributed by atoms with E-state index < -0.39 is 0 Å². The fourth-order valence-electron chi connectivity index (χ4n) is 3.82. The highest BCUT2D eigenvalue weighted by atomic mass is 35.5. The maximum atomic E-state index is 12.7. The van der Waals surface area contributed by atoms with Gasteiger partial charge < -0.3 is 14.4 Å². The number of benzene rings is 1. The van der Waals surface area contributed by atoms with Crippen LogP contribution >= 0.6 is 11.6 Å².